The first kappa shape index (κ1) is 16.2. The normalized spacial score (nSPS) is 17.9. The fourth-order valence-corrected chi connectivity index (χ4v) is 4.16. The Balaban J connectivity index is 2.45. The summed E-state index contributed by atoms with van der Waals surface area (Å²) >= 11 is 5.79. The van der Waals surface area contributed by atoms with Crippen LogP contribution in [-0.4, -0.2) is 55.8 Å². The molecule has 1 heterocycles. The van der Waals surface area contributed by atoms with Crippen molar-refractivity contribution in [1.82, 2.24) is 9.21 Å². The van der Waals surface area contributed by atoms with E-state index in [1.165, 1.54) is 10.4 Å². The quantitative estimate of drug-likeness (QED) is 0.618. The summed E-state index contributed by atoms with van der Waals surface area (Å²) in [6, 6.07) is 2.37. The third-order valence-corrected chi connectivity index (χ3v) is 5.86. The molecule has 1 aromatic carbocycles. The largest absolute Gasteiger partial charge is 0.304 e. The third kappa shape index (κ3) is 3.18. The number of hydrogen-bond donors (Lipinski definition) is 0. The Morgan fingerprint density at radius 2 is 1.81 bits per heavy atom. The summed E-state index contributed by atoms with van der Waals surface area (Å²) in [4.78, 5) is 12.2. The van der Waals surface area contributed by atoms with E-state index >= 15 is 0 Å². The number of halogens is 1. The third-order valence-electron chi connectivity index (χ3n) is 3.52. The van der Waals surface area contributed by atoms with Gasteiger partial charge in [-0.05, 0) is 25.6 Å². The minimum atomic E-state index is -3.75. The molecule has 0 amide bonds. The molecule has 0 radical (unpaired) electrons. The van der Waals surface area contributed by atoms with Gasteiger partial charge in [0.25, 0.3) is 5.69 Å². The Morgan fingerprint density at radius 1 is 1.24 bits per heavy atom. The number of sulfonamides is 1. The molecule has 0 unspecified atom stereocenters. The van der Waals surface area contributed by atoms with Crippen LogP contribution in [0.3, 0.4) is 0 Å². The molecule has 7 nitrogen and oxygen atoms in total. The molecule has 0 N–H and O–H groups in total. The van der Waals surface area contributed by atoms with Crippen molar-refractivity contribution in [2.24, 2.45) is 0 Å². The van der Waals surface area contributed by atoms with Gasteiger partial charge in [0, 0.05) is 32.2 Å². The molecule has 1 fully saturated rings. The summed E-state index contributed by atoms with van der Waals surface area (Å²) in [5.41, 5.74) is 0.0134. The Kier molecular flexibility index (Phi) is 4.52. The number of likely N-dealkylation sites (N-methyl/N-ethyl adjacent to an activating group) is 1. The lowest BCUT2D eigenvalue weighted by atomic mass is 10.2. The van der Waals surface area contributed by atoms with Gasteiger partial charge in [0.05, 0.1) is 9.82 Å². The first-order valence-corrected chi connectivity index (χ1v) is 8.18. The van der Waals surface area contributed by atoms with Crippen molar-refractivity contribution in [3.63, 3.8) is 0 Å². The van der Waals surface area contributed by atoms with Crippen LogP contribution in [0.25, 0.3) is 0 Å². The van der Waals surface area contributed by atoms with E-state index < -0.39 is 20.6 Å². The predicted molar refractivity (Wildman–Crippen MR) is 79.1 cm³/mol. The number of nitrogens with zero attached hydrogens (tertiary/aromatic N) is 3. The first-order valence-electron chi connectivity index (χ1n) is 6.36. The van der Waals surface area contributed by atoms with E-state index in [1.807, 2.05) is 11.9 Å². The highest BCUT2D eigenvalue weighted by molar-refractivity contribution is 7.89. The van der Waals surface area contributed by atoms with Crippen LogP contribution in [0.15, 0.2) is 17.0 Å². The number of rotatable bonds is 3. The highest BCUT2D eigenvalue weighted by Gasteiger charge is 2.31. The fraction of sp³-hybridized carbons (Fsp3) is 0.500. The highest BCUT2D eigenvalue weighted by atomic mass is 35.5. The minimum Gasteiger partial charge on any atom is -0.304 e. The Bertz CT molecular complexity index is 669. The molecule has 0 aromatic heterocycles. The number of nitro benzene ring substituents is 1. The summed E-state index contributed by atoms with van der Waals surface area (Å²) in [5, 5.41) is 10.9. The van der Waals surface area contributed by atoms with Crippen LogP contribution in [-0.2, 0) is 10.0 Å². The smallest absolute Gasteiger partial charge is 0.289 e. The van der Waals surface area contributed by atoms with E-state index in [0.717, 1.165) is 6.07 Å². The number of benzene rings is 1. The summed E-state index contributed by atoms with van der Waals surface area (Å²) in [7, 11) is -1.83. The molecule has 1 aliphatic heterocycles. The van der Waals surface area contributed by atoms with Crippen molar-refractivity contribution in [3.8, 4) is 0 Å². The van der Waals surface area contributed by atoms with Gasteiger partial charge < -0.3 is 4.90 Å². The van der Waals surface area contributed by atoms with Crippen LogP contribution < -0.4 is 0 Å². The van der Waals surface area contributed by atoms with Gasteiger partial charge in [-0.1, -0.05) is 11.6 Å². The molecular weight excluding hydrogens is 318 g/mol. The van der Waals surface area contributed by atoms with Gasteiger partial charge in [-0.3, -0.25) is 10.1 Å². The molecule has 0 spiro atoms. The molecule has 2 rings (SSSR count). The molecule has 116 valence electrons. The van der Waals surface area contributed by atoms with E-state index in [4.69, 9.17) is 11.6 Å². The second kappa shape index (κ2) is 5.88. The van der Waals surface area contributed by atoms with Gasteiger partial charge in [-0.25, -0.2) is 8.42 Å². The molecule has 21 heavy (non-hydrogen) atoms. The standard InChI is InChI=1S/C12H16ClN3O4S/c1-9-7-10(13)11(16(17)18)8-12(9)21(19,20)15-5-3-14(2)4-6-15/h7-8H,3-6H2,1-2H3. The van der Waals surface area contributed by atoms with Crippen LogP contribution >= 0.6 is 11.6 Å². The van der Waals surface area contributed by atoms with Crippen LogP contribution in [0.2, 0.25) is 5.02 Å². The van der Waals surface area contributed by atoms with Crippen LogP contribution in [0.5, 0.6) is 0 Å². The van der Waals surface area contributed by atoms with Crippen molar-refractivity contribution in [3.05, 3.63) is 32.8 Å². The number of hydrogen-bond acceptors (Lipinski definition) is 5. The number of nitro groups is 1. The maximum absolute atomic E-state index is 12.6. The summed E-state index contributed by atoms with van der Waals surface area (Å²) < 4.78 is 26.6. The van der Waals surface area contributed by atoms with Crippen molar-refractivity contribution < 1.29 is 13.3 Å². The molecule has 0 saturated carbocycles. The molecule has 9 heteroatoms. The zero-order valence-electron chi connectivity index (χ0n) is 11.7. The van der Waals surface area contributed by atoms with Gasteiger partial charge in [-0.15, -0.1) is 0 Å². The first-order chi connectivity index (χ1) is 9.73. The van der Waals surface area contributed by atoms with E-state index in [-0.39, 0.29) is 9.92 Å². The van der Waals surface area contributed by atoms with E-state index in [1.54, 1.807) is 6.92 Å². The monoisotopic (exact) mass is 333 g/mol. The molecule has 1 saturated heterocycles. The second-order valence-electron chi connectivity index (χ2n) is 5.03. The summed E-state index contributed by atoms with van der Waals surface area (Å²) in [5.74, 6) is 0. The van der Waals surface area contributed by atoms with Gasteiger partial charge in [0.15, 0.2) is 0 Å². The lowest BCUT2D eigenvalue weighted by molar-refractivity contribution is -0.384. The average molecular weight is 334 g/mol. The molecule has 1 aromatic rings. The topological polar surface area (TPSA) is 83.8 Å². The molecule has 0 bridgehead atoms. The maximum atomic E-state index is 12.6. The Hall–Kier alpha value is -1.22. The van der Waals surface area contributed by atoms with E-state index in [0.29, 0.717) is 31.7 Å². The van der Waals surface area contributed by atoms with Crippen LogP contribution in [0.1, 0.15) is 5.56 Å². The lowest BCUT2D eigenvalue weighted by Gasteiger charge is -2.31. The average Bonchev–Trinajstić information content (AvgIpc) is 2.38. The zero-order valence-corrected chi connectivity index (χ0v) is 13.3. The van der Waals surface area contributed by atoms with Crippen molar-refractivity contribution in [1.29, 1.82) is 0 Å². The van der Waals surface area contributed by atoms with E-state index in [9.17, 15) is 18.5 Å². The van der Waals surface area contributed by atoms with Crippen LogP contribution in [0.4, 0.5) is 5.69 Å². The van der Waals surface area contributed by atoms with Gasteiger partial charge >= 0.3 is 0 Å². The minimum absolute atomic E-state index is 0.0526. The van der Waals surface area contributed by atoms with Gasteiger partial charge in [0.2, 0.25) is 10.0 Å². The van der Waals surface area contributed by atoms with Crippen LogP contribution in [0, 0.1) is 17.0 Å². The van der Waals surface area contributed by atoms with Crippen molar-refractivity contribution in [2.45, 2.75) is 11.8 Å². The number of aryl methyl sites for hydroxylation is 1. The lowest BCUT2D eigenvalue weighted by Crippen LogP contribution is -2.47. The molecule has 0 aliphatic carbocycles. The molecule has 1 aliphatic rings. The fourth-order valence-electron chi connectivity index (χ4n) is 2.23. The SMILES string of the molecule is Cc1cc(Cl)c([N+](=O)[O-])cc1S(=O)(=O)N1CCN(C)CC1. The molecule has 0 atom stereocenters. The Labute approximate surface area is 128 Å². The predicted octanol–water partition coefficient (Wildman–Crippen LogP) is 1.49. The van der Waals surface area contributed by atoms with E-state index in [2.05, 4.69) is 0 Å². The molecular formula is C12H16ClN3O4S. The summed E-state index contributed by atoms with van der Waals surface area (Å²) in [6.07, 6.45) is 0. The van der Waals surface area contributed by atoms with Crippen molar-refractivity contribution in [2.75, 3.05) is 33.2 Å². The van der Waals surface area contributed by atoms with Crippen molar-refractivity contribution >= 4 is 27.3 Å². The highest BCUT2D eigenvalue weighted by Crippen LogP contribution is 2.31. The Morgan fingerprint density at radius 3 is 2.33 bits per heavy atom. The maximum Gasteiger partial charge on any atom is 0.289 e. The van der Waals surface area contributed by atoms with Gasteiger partial charge in [0.1, 0.15) is 5.02 Å². The zero-order chi connectivity index (χ0) is 15.8. The summed E-state index contributed by atoms with van der Waals surface area (Å²) in [6.45, 7) is 3.59. The van der Waals surface area contributed by atoms with Gasteiger partial charge in [-0.2, -0.15) is 4.31 Å². The second-order valence-corrected chi connectivity index (χ2v) is 7.35. The number of piperazine rings is 1.